The molecule has 0 fully saturated rings. The molecule has 1 unspecified atom stereocenters. The van der Waals surface area contributed by atoms with Gasteiger partial charge in [0.15, 0.2) is 5.76 Å². The molecular formula is C20H17F4N3O. The largest absolute Gasteiger partial charge is 0.423 e. The predicted octanol–water partition coefficient (Wildman–Crippen LogP) is 5.06. The summed E-state index contributed by atoms with van der Waals surface area (Å²) in [7, 11) is 0. The van der Waals surface area contributed by atoms with Crippen molar-refractivity contribution < 1.29 is 22.0 Å². The van der Waals surface area contributed by atoms with Crippen molar-refractivity contribution in [3.8, 4) is 11.3 Å². The number of nitrogens with two attached hydrogens (primary N) is 1. The highest BCUT2D eigenvalue weighted by Crippen LogP contribution is 2.34. The van der Waals surface area contributed by atoms with E-state index in [-0.39, 0.29) is 23.4 Å². The average molecular weight is 391 g/mol. The molecule has 0 saturated carbocycles. The van der Waals surface area contributed by atoms with Gasteiger partial charge < -0.3 is 15.5 Å². The lowest BCUT2D eigenvalue weighted by Gasteiger charge is -2.23. The first-order valence-electron chi connectivity index (χ1n) is 8.77. The molecule has 0 bridgehead atoms. The Kier molecular flexibility index (Phi) is 4.58. The molecule has 0 saturated heterocycles. The topological polar surface area (TPSA) is 64.1 Å². The van der Waals surface area contributed by atoms with Crippen LogP contribution in [0.1, 0.15) is 23.1 Å². The maximum atomic E-state index is 14.1. The third-order valence-electron chi connectivity index (χ3n) is 4.83. The summed E-state index contributed by atoms with van der Waals surface area (Å²) in [6, 6.07) is 8.33. The number of anilines is 2. The van der Waals surface area contributed by atoms with E-state index in [0.717, 1.165) is 42.6 Å². The standard InChI is InChI=1S/C20H17F4N3O/c21-16-8-12(20(22,23)24)5-7-14(16)18-10-26-19(28-18)27-17-3-1-2-11-4-6-13(25)9-15(11)17/h1-3,5,7-8,10,13H,4,6,9,25H2,(H,26,27). The van der Waals surface area contributed by atoms with Crippen LogP contribution in [0.15, 0.2) is 47.0 Å². The molecule has 1 heterocycles. The number of halogens is 4. The zero-order valence-electron chi connectivity index (χ0n) is 14.7. The molecule has 0 radical (unpaired) electrons. The summed E-state index contributed by atoms with van der Waals surface area (Å²) in [6.07, 6.45) is -0.804. The number of fused-ring (bicyclic) bond motifs is 1. The number of nitrogens with zero attached hydrogens (tertiary/aromatic N) is 1. The highest BCUT2D eigenvalue weighted by molar-refractivity contribution is 5.64. The van der Waals surface area contributed by atoms with Crippen molar-refractivity contribution in [1.29, 1.82) is 0 Å². The minimum absolute atomic E-state index is 0.0372. The highest BCUT2D eigenvalue weighted by Gasteiger charge is 2.31. The van der Waals surface area contributed by atoms with Gasteiger partial charge in [-0.2, -0.15) is 13.2 Å². The van der Waals surface area contributed by atoms with Crippen LogP contribution in [-0.2, 0) is 19.0 Å². The van der Waals surface area contributed by atoms with E-state index in [4.69, 9.17) is 10.2 Å². The Labute approximate surface area is 158 Å². The van der Waals surface area contributed by atoms with Gasteiger partial charge in [-0.05, 0) is 54.7 Å². The summed E-state index contributed by atoms with van der Waals surface area (Å²) in [5, 5.41) is 3.06. The second kappa shape index (κ2) is 6.94. The van der Waals surface area contributed by atoms with Crippen LogP contribution in [-0.4, -0.2) is 11.0 Å². The van der Waals surface area contributed by atoms with Gasteiger partial charge in [-0.3, -0.25) is 0 Å². The number of nitrogens with one attached hydrogen (secondary N) is 1. The molecule has 1 aliphatic carbocycles. The summed E-state index contributed by atoms with van der Waals surface area (Å²) in [5.41, 5.74) is 8.00. The second-order valence-electron chi connectivity index (χ2n) is 6.79. The lowest BCUT2D eigenvalue weighted by Crippen LogP contribution is -2.28. The van der Waals surface area contributed by atoms with Gasteiger partial charge in [0.1, 0.15) is 5.82 Å². The van der Waals surface area contributed by atoms with Crippen LogP contribution in [0.4, 0.5) is 29.3 Å². The second-order valence-corrected chi connectivity index (χ2v) is 6.79. The number of aromatic nitrogens is 1. The Bertz CT molecular complexity index is 1010. The first kappa shape index (κ1) is 18.5. The maximum absolute atomic E-state index is 14.1. The van der Waals surface area contributed by atoms with Gasteiger partial charge in [0.05, 0.1) is 17.3 Å². The van der Waals surface area contributed by atoms with Crippen molar-refractivity contribution in [3.05, 3.63) is 65.1 Å². The van der Waals surface area contributed by atoms with Crippen molar-refractivity contribution in [2.24, 2.45) is 5.73 Å². The van der Waals surface area contributed by atoms with Gasteiger partial charge in [-0.15, -0.1) is 0 Å². The van der Waals surface area contributed by atoms with E-state index in [1.54, 1.807) is 0 Å². The third-order valence-corrected chi connectivity index (χ3v) is 4.83. The van der Waals surface area contributed by atoms with E-state index in [1.165, 1.54) is 11.8 Å². The first-order valence-corrected chi connectivity index (χ1v) is 8.77. The van der Waals surface area contributed by atoms with Crippen molar-refractivity contribution >= 4 is 11.7 Å². The monoisotopic (exact) mass is 391 g/mol. The summed E-state index contributed by atoms with van der Waals surface area (Å²) in [4.78, 5) is 4.07. The van der Waals surface area contributed by atoms with Gasteiger partial charge in [0, 0.05) is 11.7 Å². The van der Waals surface area contributed by atoms with Crippen LogP contribution in [0.5, 0.6) is 0 Å². The Morgan fingerprint density at radius 2 is 2.00 bits per heavy atom. The fourth-order valence-corrected chi connectivity index (χ4v) is 3.40. The molecule has 2 aromatic carbocycles. The van der Waals surface area contributed by atoms with Gasteiger partial charge in [-0.25, -0.2) is 9.37 Å². The highest BCUT2D eigenvalue weighted by atomic mass is 19.4. The smallest absolute Gasteiger partial charge is 0.416 e. The minimum atomic E-state index is -4.61. The van der Waals surface area contributed by atoms with Gasteiger partial charge in [0.2, 0.25) is 0 Å². The number of benzene rings is 2. The van der Waals surface area contributed by atoms with Crippen molar-refractivity contribution in [2.45, 2.75) is 31.5 Å². The third kappa shape index (κ3) is 3.60. The van der Waals surface area contributed by atoms with Crippen molar-refractivity contribution in [2.75, 3.05) is 5.32 Å². The molecule has 8 heteroatoms. The molecule has 3 N–H and O–H groups in total. The summed E-state index contributed by atoms with van der Waals surface area (Å²) >= 11 is 0. The van der Waals surface area contributed by atoms with Crippen LogP contribution < -0.4 is 11.1 Å². The Balaban J connectivity index is 1.60. The molecule has 1 aromatic heterocycles. The van der Waals surface area contributed by atoms with Gasteiger partial charge in [-0.1, -0.05) is 12.1 Å². The van der Waals surface area contributed by atoms with E-state index < -0.39 is 17.6 Å². The Morgan fingerprint density at radius 1 is 1.18 bits per heavy atom. The van der Waals surface area contributed by atoms with Crippen LogP contribution in [0.3, 0.4) is 0 Å². The van der Waals surface area contributed by atoms with Gasteiger partial charge in [0.25, 0.3) is 6.01 Å². The van der Waals surface area contributed by atoms with E-state index >= 15 is 0 Å². The Hall–Kier alpha value is -2.87. The van der Waals surface area contributed by atoms with E-state index in [0.29, 0.717) is 6.07 Å². The van der Waals surface area contributed by atoms with Crippen molar-refractivity contribution in [1.82, 2.24) is 4.98 Å². The molecule has 0 spiro atoms. The number of aryl methyl sites for hydroxylation is 1. The molecule has 0 aliphatic heterocycles. The van der Waals surface area contributed by atoms with Crippen LogP contribution in [0, 0.1) is 5.82 Å². The van der Waals surface area contributed by atoms with Crippen LogP contribution >= 0.6 is 0 Å². The molecule has 1 atom stereocenters. The van der Waals surface area contributed by atoms with Crippen LogP contribution in [0.25, 0.3) is 11.3 Å². The lowest BCUT2D eigenvalue weighted by atomic mass is 9.87. The molecule has 28 heavy (non-hydrogen) atoms. The maximum Gasteiger partial charge on any atom is 0.416 e. The lowest BCUT2D eigenvalue weighted by molar-refractivity contribution is -0.137. The average Bonchev–Trinajstić information content (AvgIpc) is 3.09. The number of hydrogen-bond donors (Lipinski definition) is 2. The zero-order chi connectivity index (χ0) is 19.9. The molecule has 0 amide bonds. The van der Waals surface area contributed by atoms with Gasteiger partial charge >= 0.3 is 6.18 Å². The van der Waals surface area contributed by atoms with Crippen molar-refractivity contribution in [3.63, 3.8) is 0 Å². The molecule has 4 rings (SSSR count). The fraction of sp³-hybridized carbons (Fsp3) is 0.250. The molecule has 4 nitrogen and oxygen atoms in total. The summed E-state index contributed by atoms with van der Waals surface area (Å²) in [5.74, 6) is -0.990. The first-order chi connectivity index (χ1) is 13.3. The molecule has 146 valence electrons. The zero-order valence-corrected chi connectivity index (χ0v) is 14.7. The normalized spacial score (nSPS) is 16.7. The number of alkyl halides is 3. The van der Waals surface area contributed by atoms with Crippen LogP contribution in [0.2, 0.25) is 0 Å². The Morgan fingerprint density at radius 3 is 2.75 bits per heavy atom. The summed E-state index contributed by atoms with van der Waals surface area (Å²) in [6.45, 7) is 0. The summed E-state index contributed by atoms with van der Waals surface area (Å²) < 4.78 is 57.7. The minimum Gasteiger partial charge on any atom is -0.423 e. The number of rotatable bonds is 3. The number of oxazole rings is 1. The fourth-order valence-electron chi connectivity index (χ4n) is 3.40. The molecule has 1 aliphatic rings. The molecule has 3 aromatic rings. The molecular weight excluding hydrogens is 374 g/mol. The number of hydrogen-bond acceptors (Lipinski definition) is 4. The predicted molar refractivity (Wildman–Crippen MR) is 96.6 cm³/mol. The van der Waals surface area contributed by atoms with E-state index in [2.05, 4.69) is 10.3 Å². The quantitative estimate of drug-likeness (QED) is 0.613. The SMILES string of the molecule is NC1CCc2cccc(Nc3ncc(-c4ccc(C(F)(F)F)cc4F)o3)c2C1. The van der Waals surface area contributed by atoms with E-state index in [1.807, 2.05) is 18.2 Å². The van der Waals surface area contributed by atoms with E-state index in [9.17, 15) is 17.6 Å².